The van der Waals surface area contributed by atoms with E-state index in [-0.39, 0.29) is 11.5 Å². The summed E-state index contributed by atoms with van der Waals surface area (Å²) >= 11 is 4.67. The molecule has 3 aromatic rings. The smallest absolute Gasteiger partial charge is 0.335 e. The van der Waals surface area contributed by atoms with Gasteiger partial charge in [-0.05, 0) is 71.4 Å². The Balaban J connectivity index is 1.45. The number of hydrogen-bond acceptors (Lipinski definition) is 5. The SMILES string of the molecule is CN1C(=O)/C(=C/c2ccc(OCc3ccc(Br)cc3)cc2)SC1=Nc1cccc(C(=O)O)c1. The van der Waals surface area contributed by atoms with Crippen LogP contribution < -0.4 is 4.74 Å². The lowest BCUT2D eigenvalue weighted by Crippen LogP contribution is -2.23. The third kappa shape index (κ3) is 5.71. The van der Waals surface area contributed by atoms with Gasteiger partial charge in [0.2, 0.25) is 0 Å². The standard InChI is InChI=1S/C25H19BrN2O4S/c1-28-23(29)22(33-25(28)27-20-4-2-3-18(14-20)24(30)31)13-16-7-11-21(12-8-16)32-15-17-5-9-19(26)10-6-17/h2-14H,15H2,1H3,(H,30,31)/b22-13-,27-25?. The topological polar surface area (TPSA) is 79.2 Å². The lowest BCUT2D eigenvalue weighted by Gasteiger charge is -2.07. The number of carbonyl (C=O) groups excluding carboxylic acids is 1. The zero-order chi connectivity index (χ0) is 23.4. The molecular weight excluding hydrogens is 504 g/mol. The van der Waals surface area contributed by atoms with Crippen LogP contribution in [0.25, 0.3) is 6.08 Å². The quantitative estimate of drug-likeness (QED) is 0.404. The summed E-state index contributed by atoms with van der Waals surface area (Å²) in [6, 6.07) is 21.8. The highest BCUT2D eigenvalue weighted by Crippen LogP contribution is 2.33. The first-order valence-corrected chi connectivity index (χ1v) is 11.6. The first-order valence-electron chi connectivity index (χ1n) is 9.96. The zero-order valence-electron chi connectivity index (χ0n) is 17.6. The number of aromatic carboxylic acids is 1. The van der Waals surface area contributed by atoms with Crippen LogP contribution in [0.1, 0.15) is 21.5 Å². The van der Waals surface area contributed by atoms with E-state index in [0.29, 0.717) is 22.4 Å². The number of benzene rings is 3. The van der Waals surface area contributed by atoms with Gasteiger partial charge in [0.15, 0.2) is 5.17 Å². The summed E-state index contributed by atoms with van der Waals surface area (Å²) in [6.07, 6.45) is 1.80. The summed E-state index contributed by atoms with van der Waals surface area (Å²) in [5.41, 5.74) is 2.56. The number of carbonyl (C=O) groups is 2. The molecule has 1 aliphatic heterocycles. The second-order valence-electron chi connectivity index (χ2n) is 7.21. The number of carboxylic acid groups (broad SMARTS) is 1. The maximum absolute atomic E-state index is 12.7. The lowest BCUT2D eigenvalue weighted by atomic mass is 10.2. The van der Waals surface area contributed by atoms with E-state index in [2.05, 4.69) is 20.9 Å². The van der Waals surface area contributed by atoms with Crippen LogP contribution in [0.3, 0.4) is 0 Å². The van der Waals surface area contributed by atoms with Crippen molar-refractivity contribution in [2.24, 2.45) is 4.99 Å². The Bertz CT molecular complexity index is 1250. The average molecular weight is 523 g/mol. The number of aliphatic imine (C=N–C) groups is 1. The van der Waals surface area contributed by atoms with E-state index in [1.54, 1.807) is 25.3 Å². The third-order valence-corrected chi connectivity index (χ3v) is 6.41. The Kier molecular flexibility index (Phi) is 6.96. The fourth-order valence-electron chi connectivity index (χ4n) is 3.03. The molecule has 4 rings (SSSR count). The number of carboxylic acids is 1. The molecule has 0 unspecified atom stereocenters. The van der Waals surface area contributed by atoms with Crippen LogP contribution in [0.4, 0.5) is 5.69 Å². The number of ether oxygens (including phenoxy) is 1. The van der Waals surface area contributed by atoms with Gasteiger partial charge in [0.1, 0.15) is 12.4 Å². The molecule has 6 nitrogen and oxygen atoms in total. The third-order valence-electron chi connectivity index (χ3n) is 4.82. The number of likely N-dealkylation sites (N-methyl/N-ethyl adjacent to an activating group) is 1. The minimum Gasteiger partial charge on any atom is -0.489 e. The molecule has 8 heteroatoms. The van der Waals surface area contributed by atoms with Gasteiger partial charge < -0.3 is 9.84 Å². The largest absolute Gasteiger partial charge is 0.489 e. The van der Waals surface area contributed by atoms with E-state index in [4.69, 9.17) is 9.84 Å². The van der Waals surface area contributed by atoms with Gasteiger partial charge in [-0.1, -0.05) is 46.3 Å². The molecule has 0 aliphatic carbocycles. The average Bonchev–Trinajstić information content (AvgIpc) is 3.07. The summed E-state index contributed by atoms with van der Waals surface area (Å²) in [5.74, 6) is -0.447. The predicted octanol–water partition coefficient (Wildman–Crippen LogP) is 5.96. The summed E-state index contributed by atoms with van der Waals surface area (Å²) in [5, 5.41) is 9.64. The first-order chi connectivity index (χ1) is 15.9. The molecule has 1 N–H and O–H groups in total. The van der Waals surface area contributed by atoms with Crippen molar-refractivity contribution in [1.29, 1.82) is 0 Å². The summed E-state index contributed by atoms with van der Waals surface area (Å²) in [4.78, 5) is 30.3. The van der Waals surface area contributed by atoms with E-state index in [0.717, 1.165) is 21.3 Å². The summed E-state index contributed by atoms with van der Waals surface area (Å²) in [6.45, 7) is 0.468. The Labute approximate surface area is 203 Å². The van der Waals surface area contributed by atoms with E-state index in [1.807, 2.05) is 48.5 Å². The molecule has 1 amide bonds. The second-order valence-corrected chi connectivity index (χ2v) is 9.13. The summed E-state index contributed by atoms with van der Waals surface area (Å²) < 4.78 is 6.85. The molecule has 0 aromatic heterocycles. The Morgan fingerprint density at radius 1 is 1.12 bits per heavy atom. The number of rotatable bonds is 6. The Morgan fingerprint density at radius 3 is 2.55 bits per heavy atom. The van der Waals surface area contributed by atoms with Gasteiger partial charge in [-0.15, -0.1) is 0 Å². The normalized spacial score (nSPS) is 15.9. The highest BCUT2D eigenvalue weighted by atomic mass is 79.9. The number of thioether (sulfide) groups is 1. The maximum Gasteiger partial charge on any atom is 0.335 e. The predicted molar refractivity (Wildman–Crippen MR) is 134 cm³/mol. The number of amidine groups is 1. The number of amides is 1. The van der Waals surface area contributed by atoms with Crippen LogP contribution in [0.5, 0.6) is 5.75 Å². The van der Waals surface area contributed by atoms with Crippen LogP contribution in [-0.2, 0) is 11.4 Å². The van der Waals surface area contributed by atoms with Gasteiger partial charge in [0.05, 0.1) is 16.2 Å². The van der Waals surface area contributed by atoms with Gasteiger partial charge in [-0.25, -0.2) is 9.79 Å². The highest BCUT2D eigenvalue weighted by Gasteiger charge is 2.30. The number of nitrogens with zero attached hydrogens (tertiary/aromatic N) is 2. The Hall–Kier alpha value is -3.36. The number of halogens is 1. The van der Waals surface area contributed by atoms with E-state index in [1.165, 1.54) is 28.8 Å². The summed E-state index contributed by atoms with van der Waals surface area (Å²) in [7, 11) is 1.65. The molecule has 166 valence electrons. The molecule has 1 saturated heterocycles. The molecule has 0 radical (unpaired) electrons. The monoisotopic (exact) mass is 522 g/mol. The van der Waals surface area contributed by atoms with Crippen molar-refractivity contribution in [3.8, 4) is 5.75 Å². The molecule has 33 heavy (non-hydrogen) atoms. The molecule has 0 spiro atoms. The van der Waals surface area contributed by atoms with Crippen molar-refractivity contribution in [2.75, 3.05) is 7.05 Å². The van der Waals surface area contributed by atoms with Crippen molar-refractivity contribution in [3.05, 3.63) is 98.9 Å². The van der Waals surface area contributed by atoms with Crippen LogP contribution in [0.15, 0.2) is 87.2 Å². The lowest BCUT2D eigenvalue weighted by molar-refractivity contribution is -0.121. The Morgan fingerprint density at radius 2 is 1.85 bits per heavy atom. The first kappa shape index (κ1) is 22.8. The molecule has 0 saturated carbocycles. The van der Waals surface area contributed by atoms with Crippen LogP contribution in [-0.4, -0.2) is 34.1 Å². The van der Waals surface area contributed by atoms with Crippen LogP contribution in [0.2, 0.25) is 0 Å². The van der Waals surface area contributed by atoms with Crippen molar-refractivity contribution >= 4 is 56.5 Å². The highest BCUT2D eigenvalue weighted by molar-refractivity contribution is 9.10. The molecule has 1 fully saturated rings. The fourth-order valence-corrected chi connectivity index (χ4v) is 4.28. The van der Waals surface area contributed by atoms with Gasteiger partial charge in [-0.3, -0.25) is 9.69 Å². The fraction of sp³-hybridized carbons (Fsp3) is 0.0800. The van der Waals surface area contributed by atoms with Crippen molar-refractivity contribution in [1.82, 2.24) is 4.90 Å². The molecule has 0 atom stereocenters. The van der Waals surface area contributed by atoms with Crippen molar-refractivity contribution < 1.29 is 19.4 Å². The van der Waals surface area contributed by atoms with Gasteiger partial charge in [-0.2, -0.15) is 0 Å². The maximum atomic E-state index is 12.7. The van der Waals surface area contributed by atoms with Crippen LogP contribution in [0, 0.1) is 0 Å². The van der Waals surface area contributed by atoms with E-state index in [9.17, 15) is 9.59 Å². The minimum atomic E-state index is -1.02. The molecular formula is C25H19BrN2O4S. The zero-order valence-corrected chi connectivity index (χ0v) is 20.0. The van der Waals surface area contributed by atoms with Crippen LogP contribution >= 0.6 is 27.7 Å². The molecule has 0 bridgehead atoms. The second kappa shape index (κ2) is 10.1. The minimum absolute atomic E-state index is 0.145. The van der Waals surface area contributed by atoms with Gasteiger partial charge in [0, 0.05) is 11.5 Å². The molecule has 1 aliphatic rings. The van der Waals surface area contributed by atoms with Gasteiger partial charge >= 0.3 is 5.97 Å². The van der Waals surface area contributed by atoms with Gasteiger partial charge in [0.25, 0.3) is 5.91 Å². The van der Waals surface area contributed by atoms with E-state index < -0.39 is 5.97 Å². The molecule has 3 aromatic carbocycles. The van der Waals surface area contributed by atoms with E-state index >= 15 is 0 Å². The van der Waals surface area contributed by atoms with Crippen molar-refractivity contribution in [3.63, 3.8) is 0 Å². The van der Waals surface area contributed by atoms with Crippen molar-refractivity contribution in [2.45, 2.75) is 6.61 Å². The number of hydrogen-bond donors (Lipinski definition) is 1. The molecule has 1 heterocycles.